The second-order valence-electron chi connectivity index (χ2n) is 5.93. The van der Waals surface area contributed by atoms with Gasteiger partial charge in [-0.25, -0.2) is 0 Å². The van der Waals surface area contributed by atoms with Crippen molar-refractivity contribution < 1.29 is 13.3 Å². The summed E-state index contributed by atoms with van der Waals surface area (Å²) in [4.78, 5) is 0. The highest BCUT2D eigenvalue weighted by Crippen LogP contribution is 2.15. The van der Waals surface area contributed by atoms with Crippen LogP contribution in [0.5, 0.6) is 0 Å². The van der Waals surface area contributed by atoms with Crippen LogP contribution < -0.4 is 16.2 Å². The van der Waals surface area contributed by atoms with Gasteiger partial charge in [0, 0.05) is 31.6 Å². The van der Waals surface area contributed by atoms with Gasteiger partial charge in [0.1, 0.15) is 0 Å². The van der Waals surface area contributed by atoms with Crippen molar-refractivity contribution in [1.82, 2.24) is 5.32 Å². The van der Waals surface area contributed by atoms with E-state index in [2.05, 4.69) is 38.2 Å². The van der Waals surface area contributed by atoms with Gasteiger partial charge in [-0.3, -0.25) is 5.32 Å². The lowest BCUT2D eigenvalue weighted by atomic mass is 10.2. The van der Waals surface area contributed by atoms with Gasteiger partial charge in [0.2, 0.25) is 0 Å². The Labute approximate surface area is 148 Å². The van der Waals surface area contributed by atoms with Crippen LogP contribution in [0, 0.1) is 0 Å². The quantitative estimate of drug-likeness (QED) is 0.421. The molecule has 1 aromatic carbocycles. The molecule has 5 nitrogen and oxygen atoms in total. The van der Waals surface area contributed by atoms with E-state index in [-0.39, 0.29) is 6.17 Å². The van der Waals surface area contributed by atoms with E-state index >= 15 is 0 Å². The lowest BCUT2D eigenvalue weighted by Crippen LogP contribution is -2.59. The average Bonchev–Trinajstić information content (AvgIpc) is 2.60. The van der Waals surface area contributed by atoms with Gasteiger partial charge < -0.3 is 19.0 Å². The van der Waals surface area contributed by atoms with Crippen molar-refractivity contribution in [3.05, 3.63) is 29.8 Å². The van der Waals surface area contributed by atoms with Gasteiger partial charge in [-0.05, 0) is 31.7 Å². The SMILES string of the molecule is CCCO[Si](OCCC)(OCCC)c1ccccc1CNC(C)N. The van der Waals surface area contributed by atoms with E-state index < -0.39 is 8.80 Å². The van der Waals surface area contributed by atoms with E-state index in [1.807, 2.05) is 19.1 Å². The van der Waals surface area contributed by atoms with Gasteiger partial charge in [-0.2, -0.15) is 0 Å². The Morgan fingerprint density at radius 2 is 1.46 bits per heavy atom. The van der Waals surface area contributed by atoms with Gasteiger partial charge >= 0.3 is 8.80 Å². The Bertz CT molecular complexity index is 436. The summed E-state index contributed by atoms with van der Waals surface area (Å²) in [6, 6.07) is 8.21. The van der Waals surface area contributed by atoms with Crippen LogP contribution in [-0.4, -0.2) is 34.8 Å². The minimum atomic E-state index is -2.93. The fraction of sp³-hybridized carbons (Fsp3) is 0.667. The van der Waals surface area contributed by atoms with Crippen LogP contribution in [-0.2, 0) is 19.8 Å². The summed E-state index contributed by atoms with van der Waals surface area (Å²) < 4.78 is 18.8. The molecule has 0 fully saturated rings. The number of benzene rings is 1. The largest absolute Gasteiger partial charge is 0.537 e. The first kappa shape index (κ1) is 21.3. The molecule has 3 N–H and O–H groups in total. The van der Waals surface area contributed by atoms with Crippen molar-refractivity contribution in [3.63, 3.8) is 0 Å². The fourth-order valence-electron chi connectivity index (χ4n) is 2.31. The van der Waals surface area contributed by atoms with Crippen LogP contribution >= 0.6 is 0 Å². The first-order valence-electron chi connectivity index (χ1n) is 9.08. The molecule has 0 heterocycles. The van der Waals surface area contributed by atoms with Crippen molar-refractivity contribution in [2.75, 3.05) is 19.8 Å². The first-order chi connectivity index (χ1) is 11.6. The maximum atomic E-state index is 6.25. The monoisotopic (exact) mass is 354 g/mol. The van der Waals surface area contributed by atoms with E-state index in [0.717, 1.165) is 30.0 Å². The zero-order chi connectivity index (χ0) is 17.8. The Kier molecular flexibility index (Phi) is 10.4. The minimum absolute atomic E-state index is 0.0706. The fourth-order valence-corrected chi connectivity index (χ4v) is 5.31. The topological polar surface area (TPSA) is 65.7 Å². The highest BCUT2D eigenvalue weighted by atomic mass is 28.4. The lowest BCUT2D eigenvalue weighted by molar-refractivity contribution is 0.0730. The van der Waals surface area contributed by atoms with Crippen LogP contribution in [0.4, 0.5) is 0 Å². The van der Waals surface area contributed by atoms with Crippen LogP contribution in [0.3, 0.4) is 0 Å². The Morgan fingerprint density at radius 1 is 0.958 bits per heavy atom. The third-order valence-corrected chi connectivity index (χ3v) is 6.35. The van der Waals surface area contributed by atoms with Gasteiger partial charge in [0.15, 0.2) is 0 Å². The van der Waals surface area contributed by atoms with Crippen molar-refractivity contribution in [2.45, 2.75) is 59.7 Å². The normalized spacial score (nSPS) is 13.2. The highest BCUT2D eigenvalue weighted by molar-refractivity contribution is 6.75. The molecule has 0 aliphatic rings. The van der Waals surface area contributed by atoms with E-state index in [1.165, 1.54) is 0 Å². The summed E-state index contributed by atoms with van der Waals surface area (Å²) in [6.45, 7) is 10.8. The second-order valence-corrected chi connectivity index (χ2v) is 8.45. The third-order valence-electron chi connectivity index (χ3n) is 3.45. The van der Waals surface area contributed by atoms with Crippen molar-refractivity contribution >= 4 is 14.0 Å². The number of rotatable bonds is 13. The standard InChI is InChI=1S/C18H34N2O3Si/c1-5-12-21-24(22-13-6-2,23-14-7-3)18-11-9-8-10-17(18)15-20-16(4)19/h8-11,16,20H,5-7,12-15,19H2,1-4H3. The summed E-state index contributed by atoms with van der Waals surface area (Å²) in [5.74, 6) is 0. The van der Waals surface area contributed by atoms with Crippen LogP contribution in [0.1, 0.15) is 52.5 Å². The molecule has 24 heavy (non-hydrogen) atoms. The number of hydrogen-bond acceptors (Lipinski definition) is 5. The van der Waals surface area contributed by atoms with Gasteiger partial charge in [0.05, 0.1) is 6.17 Å². The summed E-state index contributed by atoms with van der Waals surface area (Å²) in [5, 5.41) is 4.33. The van der Waals surface area contributed by atoms with Crippen LogP contribution in [0.15, 0.2) is 24.3 Å². The Morgan fingerprint density at radius 3 is 1.92 bits per heavy atom. The Hall–Kier alpha value is -0.763. The molecule has 1 unspecified atom stereocenters. The van der Waals surface area contributed by atoms with Crippen LogP contribution in [0.25, 0.3) is 0 Å². The van der Waals surface area contributed by atoms with E-state index in [0.29, 0.717) is 26.4 Å². The summed E-state index contributed by atoms with van der Waals surface area (Å²) in [7, 11) is -2.93. The molecule has 0 bridgehead atoms. The molecule has 1 atom stereocenters. The van der Waals surface area contributed by atoms with E-state index in [4.69, 9.17) is 19.0 Å². The molecule has 0 aliphatic heterocycles. The lowest BCUT2D eigenvalue weighted by Gasteiger charge is -2.31. The highest BCUT2D eigenvalue weighted by Gasteiger charge is 2.45. The smallest absolute Gasteiger partial charge is 0.370 e. The molecule has 6 heteroatoms. The zero-order valence-electron chi connectivity index (χ0n) is 15.6. The van der Waals surface area contributed by atoms with Gasteiger partial charge in [0.25, 0.3) is 0 Å². The van der Waals surface area contributed by atoms with Gasteiger partial charge in [-0.15, -0.1) is 0 Å². The molecular formula is C18H34N2O3Si. The molecule has 0 saturated heterocycles. The third kappa shape index (κ3) is 6.62. The molecule has 138 valence electrons. The van der Waals surface area contributed by atoms with Crippen molar-refractivity contribution in [3.8, 4) is 0 Å². The molecular weight excluding hydrogens is 320 g/mol. The number of nitrogens with one attached hydrogen (secondary N) is 1. The van der Waals surface area contributed by atoms with E-state index in [1.54, 1.807) is 0 Å². The van der Waals surface area contributed by atoms with Crippen molar-refractivity contribution in [2.24, 2.45) is 5.73 Å². The van der Waals surface area contributed by atoms with Crippen molar-refractivity contribution in [1.29, 1.82) is 0 Å². The first-order valence-corrected chi connectivity index (χ1v) is 10.8. The molecule has 0 aromatic heterocycles. The summed E-state index contributed by atoms with van der Waals surface area (Å²) in [6.07, 6.45) is 2.72. The summed E-state index contributed by atoms with van der Waals surface area (Å²) in [5.41, 5.74) is 6.98. The second kappa shape index (κ2) is 11.7. The molecule has 0 aliphatic carbocycles. The maximum absolute atomic E-state index is 6.25. The molecule has 0 amide bonds. The number of nitrogens with two attached hydrogens (primary N) is 1. The van der Waals surface area contributed by atoms with E-state index in [9.17, 15) is 0 Å². The Balaban J connectivity index is 3.18. The number of hydrogen-bond donors (Lipinski definition) is 2. The predicted molar refractivity (Wildman–Crippen MR) is 101 cm³/mol. The molecule has 0 radical (unpaired) electrons. The molecule has 0 spiro atoms. The minimum Gasteiger partial charge on any atom is -0.370 e. The van der Waals surface area contributed by atoms with Crippen LogP contribution in [0.2, 0.25) is 0 Å². The molecule has 0 saturated carbocycles. The molecule has 1 aromatic rings. The summed E-state index contributed by atoms with van der Waals surface area (Å²) >= 11 is 0. The van der Waals surface area contributed by atoms with Gasteiger partial charge in [-0.1, -0.05) is 45.0 Å². The zero-order valence-corrected chi connectivity index (χ0v) is 16.6. The average molecular weight is 355 g/mol. The maximum Gasteiger partial charge on any atom is 0.537 e. The predicted octanol–water partition coefficient (Wildman–Crippen LogP) is 2.51. The molecule has 1 rings (SSSR count).